The van der Waals surface area contributed by atoms with E-state index in [1.165, 1.54) is 10.4 Å². The fourth-order valence-electron chi connectivity index (χ4n) is 4.61. The van der Waals surface area contributed by atoms with Crippen molar-refractivity contribution in [3.05, 3.63) is 60.7 Å². The van der Waals surface area contributed by atoms with Gasteiger partial charge in [0.1, 0.15) is 0 Å². The third-order valence-corrected chi connectivity index (χ3v) is 13.0. The predicted molar refractivity (Wildman–Crippen MR) is 133 cm³/mol. The Kier molecular flexibility index (Phi) is 7.09. The van der Waals surface area contributed by atoms with Gasteiger partial charge in [-0.25, -0.2) is 0 Å². The topological polar surface area (TPSA) is 43.4 Å². The number of Topliss-reactive ketones (excluding diaryl/α,β-unsaturated/α-hetero) is 1. The Hall–Kier alpha value is -1.56. The van der Waals surface area contributed by atoms with Gasteiger partial charge < -0.3 is 4.43 Å². The number of hydrogen-bond acceptors (Lipinski definition) is 3. The Morgan fingerprint density at radius 3 is 1.81 bits per heavy atom. The summed E-state index contributed by atoms with van der Waals surface area (Å²) in [6.07, 6.45) is 1.18. The molecule has 5 heteroatoms. The summed E-state index contributed by atoms with van der Waals surface area (Å²) in [7, 11) is -3.81. The molecule has 0 bridgehead atoms. The minimum absolute atomic E-state index is 0.0831. The second-order valence-corrected chi connectivity index (χ2v) is 16.6. The van der Waals surface area contributed by atoms with Crippen molar-refractivity contribution in [1.82, 2.24) is 0 Å². The molecule has 1 saturated heterocycles. The lowest BCUT2D eigenvalue weighted by Gasteiger charge is -2.46. The van der Waals surface area contributed by atoms with Crippen molar-refractivity contribution in [2.24, 2.45) is 5.41 Å². The molecule has 0 radical (unpaired) electrons. The van der Waals surface area contributed by atoms with Crippen LogP contribution in [0, 0.1) is 5.41 Å². The van der Waals surface area contributed by atoms with Crippen molar-refractivity contribution in [3.63, 3.8) is 0 Å². The molecule has 0 aromatic heterocycles. The number of rotatable bonds is 5. The first-order chi connectivity index (χ1) is 14.5. The zero-order valence-corrected chi connectivity index (χ0v) is 21.5. The zero-order chi connectivity index (χ0) is 22.9. The standard InChI is InChI=1S/C26H36O3SSi/c1-25(2,3)24(27)23-19-20(17-18-30(23)28)29-31(26(4,5)6,21-13-9-7-10-14-21)22-15-11-8-12-16-22/h7-16,20,23H,17-19H2,1-6H3/t20-,23-,30-/m0/s1. The number of benzene rings is 2. The number of ketones is 1. The van der Waals surface area contributed by atoms with Crippen molar-refractivity contribution in [1.29, 1.82) is 0 Å². The minimum Gasteiger partial charge on any atom is -0.404 e. The highest BCUT2D eigenvalue weighted by atomic mass is 32.2. The van der Waals surface area contributed by atoms with Gasteiger partial charge in [0.25, 0.3) is 8.32 Å². The highest BCUT2D eigenvalue weighted by Crippen LogP contribution is 2.39. The van der Waals surface area contributed by atoms with Gasteiger partial charge in [0.15, 0.2) is 5.78 Å². The molecule has 0 amide bonds. The largest absolute Gasteiger partial charge is 0.404 e. The lowest BCUT2D eigenvalue weighted by Crippen LogP contribution is -2.68. The van der Waals surface area contributed by atoms with E-state index in [1.54, 1.807) is 0 Å². The van der Waals surface area contributed by atoms with Gasteiger partial charge in [-0.05, 0) is 28.3 Å². The van der Waals surface area contributed by atoms with E-state index in [-0.39, 0.29) is 16.9 Å². The Morgan fingerprint density at radius 1 is 0.903 bits per heavy atom. The molecule has 3 rings (SSSR count). The third kappa shape index (κ3) is 4.94. The zero-order valence-electron chi connectivity index (χ0n) is 19.7. The predicted octanol–water partition coefficient (Wildman–Crippen LogP) is 4.46. The first-order valence-electron chi connectivity index (χ1n) is 11.2. The van der Waals surface area contributed by atoms with Gasteiger partial charge in [-0.15, -0.1) is 0 Å². The fourth-order valence-corrected chi connectivity index (χ4v) is 11.1. The summed E-state index contributed by atoms with van der Waals surface area (Å²) in [6, 6.07) is 21.1. The second-order valence-electron chi connectivity index (χ2n) is 10.6. The van der Waals surface area contributed by atoms with E-state index in [0.717, 1.165) is 6.42 Å². The van der Waals surface area contributed by atoms with E-state index < -0.39 is 29.8 Å². The number of carbonyl (C=O) groups is 1. The van der Waals surface area contributed by atoms with Gasteiger partial charge in [0, 0.05) is 28.1 Å². The molecule has 3 nitrogen and oxygen atoms in total. The maximum Gasteiger partial charge on any atom is 0.261 e. The van der Waals surface area contributed by atoms with Crippen LogP contribution in [0.5, 0.6) is 0 Å². The maximum absolute atomic E-state index is 13.0. The molecule has 1 aliphatic rings. The normalized spacial score (nSPS) is 22.8. The van der Waals surface area contributed by atoms with Crippen LogP contribution in [0.15, 0.2) is 60.7 Å². The van der Waals surface area contributed by atoms with Crippen LogP contribution in [0.3, 0.4) is 0 Å². The molecule has 3 atom stereocenters. The van der Waals surface area contributed by atoms with Crippen molar-refractivity contribution in [2.75, 3.05) is 5.75 Å². The van der Waals surface area contributed by atoms with Gasteiger partial charge >= 0.3 is 0 Å². The Bertz CT molecular complexity index is 874. The highest BCUT2D eigenvalue weighted by Gasteiger charge is 2.52. The summed E-state index contributed by atoms with van der Waals surface area (Å²) in [5, 5.41) is 1.91. The summed E-state index contributed by atoms with van der Waals surface area (Å²) in [5.41, 5.74) is -0.500. The molecule has 2 aromatic rings. The third-order valence-electron chi connectivity index (χ3n) is 6.23. The molecule has 0 aliphatic carbocycles. The molecule has 1 aliphatic heterocycles. The molecule has 0 spiro atoms. The average molecular weight is 457 g/mol. The quantitative estimate of drug-likeness (QED) is 0.624. The van der Waals surface area contributed by atoms with Crippen molar-refractivity contribution < 1.29 is 13.4 Å². The molecular weight excluding hydrogens is 420 g/mol. The van der Waals surface area contributed by atoms with Crippen LogP contribution >= 0.6 is 0 Å². The minimum atomic E-state index is -2.68. The molecule has 168 valence electrons. The average Bonchev–Trinajstić information content (AvgIpc) is 2.72. The monoisotopic (exact) mass is 456 g/mol. The van der Waals surface area contributed by atoms with Gasteiger partial charge in [-0.1, -0.05) is 102 Å². The van der Waals surface area contributed by atoms with E-state index in [2.05, 4.69) is 69.3 Å². The lowest BCUT2D eigenvalue weighted by atomic mass is 9.87. The highest BCUT2D eigenvalue weighted by molar-refractivity contribution is 7.86. The molecule has 0 N–H and O–H groups in total. The van der Waals surface area contributed by atoms with Crippen molar-refractivity contribution in [2.45, 2.75) is 70.8 Å². The van der Waals surface area contributed by atoms with Crippen LogP contribution < -0.4 is 10.4 Å². The summed E-state index contributed by atoms with van der Waals surface area (Å²) in [4.78, 5) is 13.0. The Labute approximate surface area is 191 Å². The van der Waals surface area contributed by atoms with E-state index in [0.29, 0.717) is 12.2 Å². The number of carbonyl (C=O) groups excluding carboxylic acids is 1. The van der Waals surface area contributed by atoms with E-state index in [9.17, 15) is 9.00 Å². The molecule has 0 saturated carbocycles. The molecule has 1 heterocycles. The Morgan fingerprint density at radius 2 is 1.39 bits per heavy atom. The lowest BCUT2D eigenvalue weighted by molar-refractivity contribution is -0.126. The van der Waals surface area contributed by atoms with Crippen LogP contribution in [0.4, 0.5) is 0 Å². The van der Waals surface area contributed by atoms with Crippen LogP contribution in [-0.4, -0.2) is 35.4 Å². The maximum atomic E-state index is 13.0. The van der Waals surface area contributed by atoms with E-state index in [1.807, 2.05) is 32.9 Å². The fraction of sp³-hybridized carbons (Fsp3) is 0.500. The summed E-state index contributed by atoms with van der Waals surface area (Å²) >= 11 is 0. The van der Waals surface area contributed by atoms with E-state index >= 15 is 0 Å². The first kappa shape index (κ1) is 24.1. The SMILES string of the molecule is CC(C)(C)C(=O)[C@@H]1C[C@@H](O[Si](c2ccccc2)(c2ccccc2)C(C)(C)C)CC[S@@]1=O. The smallest absolute Gasteiger partial charge is 0.261 e. The second kappa shape index (κ2) is 9.12. The van der Waals surface area contributed by atoms with E-state index in [4.69, 9.17) is 4.43 Å². The van der Waals surface area contributed by atoms with Gasteiger partial charge in [-0.2, -0.15) is 0 Å². The number of hydrogen-bond donors (Lipinski definition) is 0. The van der Waals surface area contributed by atoms with Crippen molar-refractivity contribution >= 4 is 35.3 Å². The van der Waals surface area contributed by atoms with Gasteiger partial charge in [0.2, 0.25) is 0 Å². The van der Waals surface area contributed by atoms with Crippen LogP contribution in [-0.2, 0) is 20.0 Å². The van der Waals surface area contributed by atoms with Gasteiger partial charge in [-0.3, -0.25) is 9.00 Å². The van der Waals surface area contributed by atoms with Crippen LogP contribution in [0.1, 0.15) is 54.4 Å². The van der Waals surface area contributed by atoms with Gasteiger partial charge in [0.05, 0.1) is 5.25 Å². The summed E-state index contributed by atoms with van der Waals surface area (Å²) in [6.45, 7) is 12.5. The van der Waals surface area contributed by atoms with Crippen LogP contribution in [0.25, 0.3) is 0 Å². The van der Waals surface area contributed by atoms with Crippen LogP contribution in [0.2, 0.25) is 5.04 Å². The molecule has 31 heavy (non-hydrogen) atoms. The van der Waals surface area contributed by atoms with Crippen molar-refractivity contribution in [3.8, 4) is 0 Å². The summed E-state index contributed by atoms with van der Waals surface area (Å²) in [5.74, 6) is 0.608. The summed E-state index contributed by atoms with van der Waals surface area (Å²) < 4.78 is 20.0. The Balaban J connectivity index is 2.05. The molecule has 2 aromatic carbocycles. The molecule has 0 unspecified atom stereocenters. The molecule has 1 fully saturated rings. The molecular formula is C26H36O3SSi. The first-order valence-corrected chi connectivity index (χ1v) is 14.5.